The number of aliphatic hydroxyl groups is 1. The Hall–Kier alpha value is -2.83. The highest BCUT2D eigenvalue weighted by Gasteiger charge is 2.31. The zero-order valence-electron chi connectivity index (χ0n) is 19.5. The number of carbonyl (C=O) groups excluding carboxylic acids is 3. The van der Waals surface area contributed by atoms with Crippen molar-refractivity contribution in [3.63, 3.8) is 0 Å². The molecule has 0 fully saturated rings. The number of aliphatic hydroxyl groups excluding tert-OH is 1. The SMILES string of the molecule is CSCCC(NC(=O)C(Cc1ccc(O)cc1)NC(=O)C(NC(=O)C(N)CO)C(C)C)C(=O)O. The highest BCUT2D eigenvalue weighted by atomic mass is 32.2. The van der Waals surface area contributed by atoms with Crippen molar-refractivity contribution >= 4 is 35.5 Å². The Morgan fingerprint density at radius 1 is 0.971 bits per heavy atom. The van der Waals surface area contributed by atoms with E-state index in [2.05, 4.69) is 16.0 Å². The largest absolute Gasteiger partial charge is 0.508 e. The number of carbonyl (C=O) groups is 4. The van der Waals surface area contributed by atoms with E-state index >= 15 is 0 Å². The van der Waals surface area contributed by atoms with E-state index < -0.39 is 54.5 Å². The van der Waals surface area contributed by atoms with Crippen LogP contribution in [0.3, 0.4) is 0 Å². The summed E-state index contributed by atoms with van der Waals surface area (Å²) in [6, 6.07) is 1.46. The third-order valence-electron chi connectivity index (χ3n) is 5.01. The number of nitrogens with one attached hydrogen (secondary N) is 3. The van der Waals surface area contributed by atoms with Crippen LogP contribution < -0.4 is 21.7 Å². The molecule has 0 aliphatic carbocycles. The van der Waals surface area contributed by atoms with Gasteiger partial charge in [0.1, 0.15) is 29.9 Å². The van der Waals surface area contributed by atoms with Crippen LogP contribution in [0.25, 0.3) is 0 Å². The van der Waals surface area contributed by atoms with Gasteiger partial charge < -0.3 is 37.0 Å². The van der Waals surface area contributed by atoms with Gasteiger partial charge in [0.05, 0.1) is 6.61 Å². The van der Waals surface area contributed by atoms with Gasteiger partial charge in [-0.05, 0) is 42.0 Å². The van der Waals surface area contributed by atoms with Crippen LogP contribution in [0.4, 0.5) is 0 Å². The Balaban J connectivity index is 3.11. The number of carboxylic acid groups (broad SMARTS) is 1. The van der Waals surface area contributed by atoms with Crippen molar-refractivity contribution in [2.24, 2.45) is 11.7 Å². The van der Waals surface area contributed by atoms with Gasteiger partial charge in [0.25, 0.3) is 0 Å². The molecule has 11 nitrogen and oxygen atoms in total. The summed E-state index contributed by atoms with van der Waals surface area (Å²) in [5, 5.41) is 35.6. The summed E-state index contributed by atoms with van der Waals surface area (Å²) in [7, 11) is 0. The number of hydrogen-bond donors (Lipinski definition) is 7. The summed E-state index contributed by atoms with van der Waals surface area (Å²) in [5.41, 5.74) is 6.13. The first-order valence-electron chi connectivity index (χ1n) is 10.8. The average Bonchev–Trinajstić information content (AvgIpc) is 2.79. The molecule has 8 N–H and O–H groups in total. The third-order valence-corrected chi connectivity index (χ3v) is 5.66. The van der Waals surface area contributed by atoms with E-state index in [0.717, 1.165) is 0 Å². The van der Waals surface area contributed by atoms with Gasteiger partial charge in [-0.2, -0.15) is 11.8 Å². The van der Waals surface area contributed by atoms with Crippen LogP contribution in [0.5, 0.6) is 5.75 Å². The maximum Gasteiger partial charge on any atom is 0.326 e. The fourth-order valence-corrected chi connectivity index (χ4v) is 3.45. The Bertz CT molecular complexity index is 835. The molecule has 1 aromatic rings. The summed E-state index contributed by atoms with van der Waals surface area (Å²) >= 11 is 1.44. The molecule has 4 atom stereocenters. The standard InChI is InChI=1S/C22H34N4O7S/c1-12(2)18(26-19(29)15(23)11-27)21(31)25-17(10-13-4-6-14(28)7-5-13)20(30)24-16(22(32)33)8-9-34-3/h4-7,12,15-18,27-28H,8-11,23H2,1-3H3,(H,24,30)(H,25,31)(H,26,29)(H,32,33). The first kappa shape index (κ1) is 29.2. The Labute approximate surface area is 202 Å². The van der Waals surface area contributed by atoms with Crippen molar-refractivity contribution in [1.82, 2.24) is 16.0 Å². The molecule has 0 radical (unpaired) electrons. The molecule has 4 unspecified atom stereocenters. The lowest BCUT2D eigenvalue weighted by atomic mass is 10.00. The van der Waals surface area contributed by atoms with Crippen molar-refractivity contribution in [1.29, 1.82) is 0 Å². The molecule has 0 saturated heterocycles. The van der Waals surface area contributed by atoms with Crippen molar-refractivity contribution < 1.29 is 34.5 Å². The minimum Gasteiger partial charge on any atom is -0.508 e. The molecule has 0 aliphatic rings. The van der Waals surface area contributed by atoms with Gasteiger partial charge >= 0.3 is 5.97 Å². The molecular weight excluding hydrogens is 464 g/mol. The van der Waals surface area contributed by atoms with Crippen LogP contribution in [0.15, 0.2) is 24.3 Å². The maximum atomic E-state index is 13.0. The van der Waals surface area contributed by atoms with Crippen LogP contribution in [0.2, 0.25) is 0 Å². The van der Waals surface area contributed by atoms with E-state index in [-0.39, 0.29) is 24.5 Å². The van der Waals surface area contributed by atoms with E-state index in [0.29, 0.717) is 11.3 Å². The first-order chi connectivity index (χ1) is 16.0. The van der Waals surface area contributed by atoms with Gasteiger partial charge in [-0.3, -0.25) is 14.4 Å². The van der Waals surface area contributed by atoms with Gasteiger partial charge in [-0.25, -0.2) is 4.79 Å². The van der Waals surface area contributed by atoms with Crippen LogP contribution in [-0.4, -0.2) is 81.8 Å². The molecule has 0 aromatic heterocycles. The van der Waals surface area contributed by atoms with E-state index in [1.54, 1.807) is 26.0 Å². The molecule has 1 aromatic carbocycles. The van der Waals surface area contributed by atoms with Crippen LogP contribution in [0, 0.1) is 5.92 Å². The predicted molar refractivity (Wildman–Crippen MR) is 128 cm³/mol. The number of carboxylic acids is 1. The monoisotopic (exact) mass is 498 g/mol. The van der Waals surface area contributed by atoms with Crippen LogP contribution in [-0.2, 0) is 25.6 Å². The summed E-state index contributed by atoms with van der Waals surface area (Å²) < 4.78 is 0. The molecular formula is C22H34N4O7S. The average molecular weight is 499 g/mol. The summed E-state index contributed by atoms with van der Waals surface area (Å²) in [4.78, 5) is 49.7. The number of nitrogens with two attached hydrogens (primary N) is 1. The fourth-order valence-electron chi connectivity index (χ4n) is 2.98. The second-order valence-electron chi connectivity index (χ2n) is 8.13. The Kier molecular flexibility index (Phi) is 12.4. The Morgan fingerprint density at radius 2 is 1.56 bits per heavy atom. The second-order valence-corrected chi connectivity index (χ2v) is 9.12. The van der Waals surface area contributed by atoms with Gasteiger partial charge in [0.15, 0.2) is 0 Å². The highest BCUT2D eigenvalue weighted by molar-refractivity contribution is 7.98. The van der Waals surface area contributed by atoms with Crippen molar-refractivity contribution in [2.75, 3.05) is 18.6 Å². The van der Waals surface area contributed by atoms with E-state index in [4.69, 9.17) is 10.8 Å². The number of aromatic hydroxyl groups is 1. The zero-order valence-corrected chi connectivity index (χ0v) is 20.3. The van der Waals surface area contributed by atoms with Gasteiger partial charge in [-0.1, -0.05) is 26.0 Å². The van der Waals surface area contributed by atoms with E-state index in [1.807, 2.05) is 6.26 Å². The number of thioether (sulfide) groups is 1. The van der Waals surface area contributed by atoms with Crippen LogP contribution in [0.1, 0.15) is 25.8 Å². The first-order valence-corrected chi connectivity index (χ1v) is 12.2. The van der Waals surface area contributed by atoms with Gasteiger partial charge in [-0.15, -0.1) is 0 Å². The number of benzene rings is 1. The number of rotatable bonds is 14. The molecule has 34 heavy (non-hydrogen) atoms. The quantitative estimate of drug-likeness (QED) is 0.172. The number of hydrogen-bond acceptors (Lipinski definition) is 8. The molecule has 0 saturated carbocycles. The van der Waals surface area contributed by atoms with Crippen molar-refractivity contribution in [3.8, 4) is 5.75 Å². The number of amides is 3. The number of aliphatic carboxylic acids is 1. The smallest absolute Gasteiger partial charge is 0.326 e. The number of phenols is 1. The summed E-state index contributed by atoms with van der Waals surface area (Å²) in [6.07, 6.45) is 2.03. The number of phenolic OH excluding ortho intramolecular Hbond substituents is 1. The lowest BCUT2D eigenvalue weighted by Gasteiger charge is -2.27. The van der Waals surface area contributed by atoms with Crippen LogP contribution >= 0.6 is 11.8 Å². The summed E-state index contributed by atoms with van der Waals surface area (Å²) in [6.45, 7) is 2.77. The molecule has 190 valence electrons. The lowest BCUT2D eigenvalue weighted by Crippen LogP contribution is -2.59. The zero-order chi connectivity index (χ0) is 25.8. The maximum absolute atomic E-state index is 13.0. The molecule has 0 spiro atoms. The van der Waals surface area contributed by atoms with Crippen molar-refractivity contribution in [2.45, 2.75) is 50.9 Å². The molecule has 0 aliphatic heterocycles. The third kappa shape index (κ3) is 9.57. The molecule has 3 amide bonds. The Morgan fingerprint density at radius 3 is 2.06 bits per heavy atom. The molecule has 1 rings (SSSR count). The predicted octanol–water partition coefficient (Wildman–Crippen LogP) is -0.798. The summed E-state index contributed by atoms with van der Waals surface area (Å²) in [5.74, 6) is -3.11. The lowest BCUT2D eigenvalue weighted by molar-refractivity contribution is -0.142. The topological polar surface area (TPSA) is 191 Å². The second kappa shape index (κ2) is 14.4. The minimum atomic E-state index is -1.21. The van der Waals surface area contributed by atoms with Gasteiger partial charge in [0.2, 0.25) is 17.7 Å². The normalized spacial score (nSPS) is 14.5. The van der Waals surface area contributed by atoms with Crippen molar-refractivity contribution in [3.05, 3.63) is 29.8 Å². The molecule has 0 bridgehead atoms. The minimum absolute atomic E-state index is 0.0155. The molecule has 12 heteroatoms. The van der Waals surface area contributed by atoms with Gasteiger partial charge in [0, 0.05) is 6.42 Å². The molecule has 0 heterocycles. The van der Waals surface area contributed by atoms with E-state index in [1.165, 1.54) is 23.9 Å². The van der Waals surface area contributed by atoms with E-state index in [9.17, 15) is 29.4 Å². The highest BCUT2D eigenvalue weighted by Crippen LogP contribution is 2.13. The fraction of sp³-hybridized carbons (Fsp3) is 0.545.